The van der Waals surface area contributed by atoms with Crippen LogP contribution in [0.3, 0.4) is 0 Å². The molecule has 0 saturated carbocycles. The van der Waals surface area contributed by atoms with Gasteiger partial charge in [0.05, 0.1) is 0 Å². The van der Waals surface area contributed by atoms with Crippen LogP contribution >= 0.6 is 0 Å². The highest BCUT2D eigenvalue weighted by molar-refractivity contribution is 5.79. The Morgan fingerprint density at radius 1 is 1.00 bits per heavy atom. The molecule has 0 radical (unpaired) electrons. The van der Waals surface area contributed by atoms with E-state index in [1.165, 1.54) is 12.5 Å². The summed E-state index contributed by atoms with van der Waals surface area (Å²) in [7, 11) is 0. The van der Waals surface area contributed by atoms with E-state index in [1.54, 1.807) is 18.2 Å². The van der Waals surface area contributed by atoms with Gasteiger partial charge in [0.1, 0.15) is 0 Å². The van der Waals surface area contributed by atoms with Gasteiger partial charge >= 0.3 is 11.9 Å². The van der Waals surface area contributed by atoms with Crippen LogP contribution in [0.5, 0.6) is 0 Å². The lowest BCUT2D eigenvalue weighted by Crippen LogP contribution is -2.17. The Morgan fingerprint density at radius 3 is 2.12 bits per heavy atom. The molecule has 2 rings (SSSR count). The first kappa shape index (κ1) is 17.7. The summed E-state index contributed by atoms with van der Waals surface area (Å²) in [4.78, 5) is 22.5. The summed E-state index contributed by atoms with van der Waals surface area (Å²) < 4.78 is 4.91. The monoisotopic (exact) mass is 326 g/mol. The lowest BCUT2D eigenvalue weighted by atomic mass is 9.86. The van der Waals surface area contributed by atoms with Crippen LogP contribution in [-0.2, 0) is 19.7 Å². The Labute approximate surface area is 142 Å². The van der Waals surface area contributed by atoms with Gasteiger partial charge in [-0.15, -0.1) is 0 Å². The lowest BCUT2D eigenvalue weighted by molar-refractivity contribution is -0.163. The van der Waals surface area contributed by atoms with Crippen molar-refractivity contribution in [1.82, 2.24) is 0 Å². The molecule has 126 valence electrons. The van der Waals surface area contributed by atoms with E-state index in [-0.39, 0.29) is 5.41 Å². The second-order valence-corrected chi connectivity index (χ2v) is 6.78. The van der Waals surface area contributed by atoms with Gasteiger partial charge in [0.25, 0.3) is 0 Å². The molecule has 0 bridgehead atoms. The molecular formula is C20H22O4. The summed E-state index contributed by atoms with van der Waals surface area (Å²) >= 11 is 0. The molecule has 0 amide bonds. The van der Waals surface area contributed by atoms with E-state index in [0.717, 1.165) is 11.1 Å². The zero-order chi connectivity index (χ0) is 17.9. The van der Waals surface area contributed by atoms with Crippen LogP contribution < -0.4 is 0 Å². The van der Waals surface area contributed by atoms with Crippen LogP contribution in [0.1, 0.15) is 44.9 Å². The molecule has 4 nitrogen and oxygen atoms in total. The molecule has 0 aliphatic rings. The summed E-state index contributed by atoms with van der Waals surface area (Å²) in [6.07, 6.45) is -1.30. The zero-order valence-electron chi connectivity index (χ0n) is 14.4. The number of carbonyl (C=O) groups is 2. The SMILES string of the molecule is CC(=O)OC(C(=O)O)c1cccc(-c2ccc(C(C)(C)C)cc2)c1. The highest BCUT2D eigenvalue weighted by atomic mass is 16.6. The van der Waals surface area contributed by atoms with Gasteiger partial charge in [-0.1, -0.05) is 63.2 Å². The van der Waals surface area contributed by atoms with Crippen molar-refractivity contribution in [2.24, 2.45) is 0 Å². The first-order valence-electron chi connectivity index (χ1n) is 7.79. The van der Waals surface area contributed by atoms with Crippen molar-refractivity contribution in [1.29, 1.82) is 0 Å². The number of hydrogen-bond acceptors (Lipinski definition) is 3. The Bertz CT molecular complexity index is 739. The minimum Gasteiger partial charge on any atom is -0.478 e. The van der Waals surface area contributed by atoms with E-state index in [4.69, 9.17) is 4.74 Å². The number of ether oxygens (including phenoxy) is 1. The molecule has 0 heterocycles. The minimum atomic E-state index is -1.30. The maximum Gasteiger partial charge on any atom is 0.349 e. The Hall–Kier alpha value is -2.62. The molecular weight excluding hydrogens is 304 g/mol. The summed E-state index contributed by atoms with van der Waals surface area (Å²) in [6.45, 7) is 7.66. The van der Waals surface area contributed by atoms with E-state index in [0.29, 0.717) is 5.56 Å². The third-order valence-electron chi connectivity index (χ3n) is 3.78. The summed E-state index contributed by atoms with van der Waals surface area (Å²) in [6, 6.07) is 15.2. The maximum atomic E-state index is 11.4. The molecule has 0 aliphatic heterocycles. The van der Waals surface area contributed by atoms with Crippen molar-refractivity contribution in [2.75, 3.05) is 0 Å². The number of rotatable bonds is 4. The largest absolute Gasteiger partial charge is 0.478 e. The molecule has 1 atom stereocenters. The van der Waals surface area contributed by atoms with Crippen molar-refractivity contribution in [3.05, 3.63) is 59.7 Å². The summed E-state index contributed by atoms with van der Waals surface area (Å²) in [5, 5.41) is 9.29. The topological polar surface area (TPSA) is 63.6 Å². The quantitative estimate of drug-likeness (QED) is 0.849. The molecule has 0 spiro atoms. The van der Waals surface area contributed by atoms with E-state index in [2.05, 4.69) is 32.9 Å². The van der Waals surface area contributed by atoms with Gasteiger partial charge in [-0.05, 0) is 28.2 Å². The van der Waals surface area contributed by atoms with Crippen LogP contribution in [0.2, 0.25) is 0 Å². The molecule has 2 aromatic carbocycles. The molecule has 1 unspecified atom stereocenters. The fourth-order valence-electron chi connectivity index (χ4n) is 2.47. The van der Waals surface area contributed by atoms with E-state index >= 15 is 0 Å². The number of esters is 1. The Balaban J connectivity index is 2.36. The molecule has 0 saturated heterocycles. The Morgan fingerprint density at radius 2 is 1.62 bits per heavy atom. The van der Waals surface area contributed by atoms with Crippen molar-refractivity contribution >= 4 is 11.9 Å². The van der Waals surface area contributed by atoms with Crippen LogP contribution in [0.15, 0.2) is 48.5 Å². The number of benzene rings is 2. The van der Waals surface area contributed by atoms with Gasteiger partial charge in [-0.2, -0.15) is 0 Å². The zero-order valence-corrected chi connectivity index (χ0v) is 14.4. The van der Waals surface area contributed by atoms with Gasteiger partial charge in [-0.3, -0.25) is 4.79 Å². The highest BCUT2D eigenvalue weighted by Crippen LogP contribution is 2.28. The molecule has 0 aromatic heterocycles. The number of aliphatic carboxylic acids is 1. The molecule has 0 aliphatic carbocycles. The van der Waals surface area contributed by atoms with E-state index in [1.807, 2.05) is 18.2 Å². The molecule has 4 heteroatoms. The minimum absolute atomic E-state index is 0.0735. The smallest absolute Gasteiger partial charge is 0.349 e. The third kappa shape index (κ3) is 4.22. The molecule has 1 N–H and O–H groups in total. The van der Waals surface area contributed by atoms with E-state index in [9.17, 15) is 14.7 Å². The normalized spacial score (nSPS) is 12.5. The molecule has 24 heavy (non-hydrogen) atoms. The lowest BCUT2D eigenvalue weighted by Gasteiger charge is -2.19. The second kappa shape index (κ2) is 6.87. The fourth-order valence-corrected chi connectivity index (χ4v) is 2.47. The average molecular weight is 326 g/mol. The van der Waals surface area contributed by atoms with Crippen molar-refractivity contribution in [3.8, 4) is 11.1 Å². The average Bonchev–Trinajstić information content (AvgIpc) is 2.51. The second-order valence-electron chi connectivity index (χ2n) is 6.78. The van der Waals surface area contributed by atoms with Crippen molar-refractivity contribution < 1.29 is 19.4 Å². The van der Waals surface area contributed by atoms with Crippen molar-refractivity contribution in [2.45, 2.75) is 39.2 Å². The highest BCUT2D eigenvalue weighted by Gasteiger charge is 2.23. The third-order valence-corrected chi connectivity index (χ3v) is 3.78. The maximum absolute atomic E-state index is 11.4. The van der Waals surface area contributed by atoms with Crippen LogP contribution in [0, 0.1) is 0 Å². The standard InChI is InChI=1S/C20H22O4/c1-13(21)24-18(19(22)23)16-7-5-6-15(12-16)14-8-10-17(11-9-14)20(2,3)4/h5-12,18H,1-4H3,(H,22,23). The molecule has 2 aromatic rings. The van der Waals surface area contributed by atoms with Gasteiger partial charge in [0.2, 0.25) is 6.10 Å². The predicted octanol–water partition coefficient (Wildman–Crippen LogP) is 4.34. The molecule has 0 fully saturated rings. The number of carbonyl (C=O) groups excluding carboxylic acids is 1. The summed E-state index contributed by atoms with van der Waals surface area (Å²) in [5.74, 6) is -1.81. The number of carboxylic acid groups (broad SMARTS) is 1. The van der Waals surface area contributed by atoms with Gasteiger partial charge in [-0.25, -0.2) is 4.79 Å². The first-order valence-corrected chi connectivity index (χ1v) is 7.79. The van der Waals surface area contributed by atoms with Gasteiger partial charge in [0, 0.05) is 12.5 Å². The van der Waals surface area contributed by atoms with Crippen LogP contribution in [0.4, 0.5) is 0 Å². The first-order chi connectivity index (χ1) is 11.2. The Kier molecular flexibility index (Phi) is 5.07. The van der Waals surface area contributed by atoms with Crippen molar-refractivity contribution in [3.63, 3.8) is 0 Å². The fraction of sp³-hybridized carbons (Fsp3) is 0.300. The van der Waals surface area contributed by atoms with Crippen LogP contribution in [0.25, 0.3) is 11.1 Å². The van der Waals surface area contributed by atoms with Gasteiger partial charge < -0.3 is 9.84 Å². The number of carboxylic acids is 1. The van der Waals surface area contributed by atoms with Crippen LogP contribution in [-0.4, -0.2) is 17.0 Å². The van der Waals surface area contributed by atoms with E-state index < -0.39 is 18.0 Å². The predicted molar refractivity (Wildman–Crippen MR) is 92.7 cm³/mol. The van der Waals surface area contributed by atoms with Gasteiger partial charge in [0.15, 0.2) is 0 Å². The summed E-state index contributed by atoms with van der Waals surface area (Å²) in [5.41, 5.74) is 3.61. The number of hydrogen-bond donors (Lipinski definition) is 1.